The molecule has 3 nitrogen and oxygen atoms in total. The van der Waals surface area contributed by atoms with Gasteiger partial charge in [0.2, 0.25) is 0 Å². The Morgan fingerprint density at radius 3 is 2.89 bits per heavy atom. The summed E-state index contributed by atoms with van der Waals surface area (Å²) in [6.07, 6.45) is 0.929. The van der Waals surface area contributed by atoms with Gasteiger partial charge in [0, 0.05) is 28.7 Å². The standard InChI is InChI=1S/C13H15ClN2OS/c1-3-6-16(2)13(17)12-11(15)9-5-4-8(14)7-10(9)18-12/h4-5,7H,3,6,15H2,1-2H3. The Morgan fingerprint density at radius 2 is 2.22 bits per heavy atom. The van der Waals surface area contributed by atoms with Gasteiger partial charge in [0.25, 0.3) is 5.91 Å². The molecule has 0 saturated heterocycles. The van der Waals surface area contributed by atoms with Crippen LogP contribution in [0.3, 0.4) is 0 Å². The number of amides is 1. The quantitative estimate of drug-likeness (QED) is 0.934. The molecule has 18 heavy (non-hydrogen) atoms. The average molecular weight is 283 g/mol. The lowest BCUT2D eigenvalue weighted by Crippen LogP contribution is -2.27. The number of hydrogen-bond donors (Lipinski definition) is 1. The predicted octanol–water partition coefficient (Wildman–Crippen LogP) is 3.62. The summed E-state index contributed by atoms with van der Waals surface area (Å²) in [4.78, 5) is 14.5. The van der Waals surface area contributed by atoms with E-state index in [4.69, 9.17) is 17.3 Å². The van der Waals surface area contributed by atoms with E-state index in [0.29, 0.717) is 15.6 Å². The third kappa shape index (κ3) is 2.31. The fourth-order valence-electron chi connectivity index (χ4n) is 1.86. The number of carbonyl (C=O) groups excluding carboxylic acids is 1. The number of nitrogens with two attached hydrogens (primary N) is 1. The van der Waals surface area contributed by atoms with Crippen molar-refractivity contribution in [3.05, 3.63) is 28.1 Å². The van der Waals surface area contributed by atoms with Crippen molar-refractivity contribution >= 4 is 44.6 Å². The molecule has 5 heteroatoms. The van der Waals surface area contributed by atoms with Crippen LogP contribution >= 0.6 is 22.9 Å². The lowest BCUT2D eigenvalue weighted by atomic mass is 10.2. The van der Waals surface area contributed by atoms with Gasteiger partial charge in [0.15, 0.2) is 0 Å². The van der Waals surface area contributed by atoms with Gasteiger partial charge in [-0.2, -0.15) is 0 Å². The molecule has 96 valence electrons. The summed E-state index contributed by atoms with van der Waals surface area (Å²) in [7, 11) is 1.79. The Balaban J connectivity index is 2.45. The van der Waals surface area contributed by atoms with Crippen LogP contribution in [0.15, 0.2) is 18.2 Å². The molecule has 0 atom stereocenters. The molecule has 1 aromatic carbocycles. The SMILES string of the molecule is CCCN(C)C(=O)c1sc2cc(Cl)ccc2c1N. The van der Waals surface area contributed by atoms with Crippen LogP contribution in [0.5, 0.6) is 0 Å². The molecule has 0 bridgehead atoms. The van der Waals surface area contributed by atoms with Crippen LogP contribution in [-0.2, 0) is 0 Å². The van der Waals surface area contributed by atoms with Crippen LogP contribution in [0.25, 0.3) is 10.1 Å². The number of thiophene rings is 1. The summed E-state index contributed by atoms with van der Waals surface area (Å²) in [5, 5.41) is 1.56. The number of anilines is 1. The number of benzene rings is 1. The maximum absolute atomic E-state index is 12.2. The summed E-state index contributed by atoms with van der Waals surface area (Å²) in [6, 6.07) is 5.49. The fraction of sp³-hybridized carbons (Fsp3) is 0.308. The van der Waals surface area contributed by atoms with E-state index in [0.717, 1.165) is 23.1 Å². The number of hydrogen-bond acceptors (Lipinski definition) is 3. The first-order valence-corrected chi connectivity index (χ1v) is 6.97. The van der Waals surface area contributed by atoms with Gasteiger partial charge in [0.1, 0.15) is 4.88 Å². The zero-order valence-electron chi connectivity index (χ0n) is 10.4. The number of rotatable bonds is 3. The van der Waals surface area contributed by atoms with Crippen molar-refractivity contribution in [3.8, 4) is 0 Å². The van der Waals surface area contributed by atoms with E-state index in [1.165, 1.54) is 11.3 Å². The van der Waals surface area contributed by atoms with Gasteiger partial charge in [-0.15, -0.1) is 11.3 Å². The highest BCUT2D eigenvalue weighted by molar-refractivity contribution is 7.21. The zero-order chi connectivity index (χ0) is 13.3. The molecule has 1 amide bonds. The molecule has 0 fully saturated rings. The second kappa shape index (κ2) is 5.16. The third-order valence-corrected chi connectivity index (χ3v) is 4.18. The van der Waals surface area contributed by atoms with E-state index in [9.17, 15) is 4.79 Å². The molecule has 0 unspecified atom stereocenters. The second-order valence-corrected chi connectivity index (χ2v) is 5.70. The molecular formula is C13H15ClN2OS. The van der Waals surface area contributed by atoms with E-state index >= 15 is 0 Å². The molecule has 0 aliphatic carbocycles. The zero-order valence-corrected chi connectivity index (χ0v) is 11.9. The van der Waals surface area contributed by atoms with E-state index < -0.39 is 0 Å². The first-order valence-electron chi connectivity index (χ1n) is 5.77. The van der Waals surface area contributed by atoms with Gasteiger partial charge in [-0.25, -0.2) is 0 Å². The molecule has 0 spiro atoms. The summed E-state index contributed by atoms with van der Waals surface area (Å²) >= 11 is 7.34. The second-order valence-electron chi connectivity index (χ2n) is 4.21. The summed E-state index contributed by atoms with van der Waals surface area (Å²) in [5.74, 6) is -0.0216. The Hall–Kier alpha value is -1.26. The van der Waals surface area contributed by atoms with Crippen molar-refractivity contribution in [2.75, 3.05) is 19.3 Å². The fourth-order valence-corrected chi connectivity index (χ4v) is 3.25. The molecule has 2 rings (SSSR count). The topological polar surface area (TPSA) is 46.3 Å². The van der Waals surface area contributed by atoms with Crippen LogP contribution in [0, 0.1) is 0 Å². The summed E-state index contributed by atoms with van der Waals surface area (Å²) in [6.45, 7) is 2.77. The van der Waals surface area contributed by atoms with Gasteiger partial charge >= 0.3 is 0 Å². The van der Waals surface area contributed by atoms with Gasteiger partial charge in [-0.3, -0.25) is 4.79 Å². The Bertz CT molecular complexity index is 594. The maximum Gasteiger partial charge on any atom is 0.265 e. The maximum atomic E-state index is 12.2. The molecular weight excluding hydrogens is 268 g/mol. The Kier molecular flexibility index (Phi) is 3.78. The van der Waals surface area contributed by atoms with E-state index in [-0.39, 0.29) is 5.91 Å². The number of fused-ring (bicyclic) bond motifs is 1. The van der Waals surface area contributed by atoms with Crippen molar-refractivity contribution in [1.29, 1.82) is 0 Å². The Morgan fingerprint density at radius 1 is 1.50 bits per heavy atom. The van der Waals surface area contributed by atoms with Gasteiger partial charge < -0.3 is 10.6 Å². The van der Waals surface area contributed by atoms with Gasteiger partial charge in [-0.05, 0) is 24.6 Å². The van der Waals surface area contributed by atoms with Crippen molar-refractivity contribution in [3.63, 3.8) is 0 Å². The molecule has 0 saturated carbocycles. The lowest BCUT2D eigenvalue weighted by molar-refractivity contribution is 0.0801. The van der Waals surface area contributed by atoms with Gasteiger partial charge in [0.05, 0.1) is 5.69 Å². The monoisotopic (exact) mass is 282 g/mol. The third-order valence-electron chi connectivity index (χ3n) is 2.79. The minimum Gasteiger partial charge on any atom is -0.397 e. The molecule has 0 aliphatic heterocycles. The number of nitrogens with zero attached hydrogens (tertiary/aromatic N) is 1. The van der Waals surface area contributed by atoms with Crippen LogP contribution in [0.4, 0.5) is 5.69 Å². The molecule has 1 aromatic heterocycles. The highest BCUT2D eigenvalue weighted by Gasteiger charge is 2.19. The number of carbonyl (C=O) groups is 1. The smallest absolute Gasteiger partial charge is 0.265 e. The first-order chi connectivity index (χ1) is 8.54. The molecule has 0 radical (unpaired) electrons. The molecule has 0 aliphatic rings. The predicted molar refractivity (Wildman–Crippen MR) is 78.5 cm³/mol. The van der Waals surface area contributed by atoms with Crippen molar-refractivity contribution in [2.24, 2.45) is 0 Å². The number of halogens is 1. The van der Waals surface area contributed by atoms with E-state index in [1.54, 1.807) is 18.0 Å². The minimum absolute atomic E-state index is 0.0216. The highest BCUT2D eigenvalue weighted by atomic mass is 35.5. The lowest BCUT2D eigenvalue weighted by Gasteiger charge is -2.15. The summed E-state index contributed by atoms with van der Waals surface area (Å²) < 4.78 is 0.952. The van der Waals surface area contributed by atoms with Crippen molar-refractivity contribution in [1.82, 2.24) is 4.90 Å². The normalized spacial score (nSPS) is 10.8. The molecule has 2 N–H and O–H groups in total. The molecule has 1 heterocycles. The van der Waals surface area contributed by atoms with Crippen LogP contribution in [-0.4, -0.2) is 24.4 Å². The van der Waals surface area contributed by atoms with Gasteiger partial charge in [-0.1, -0.05) is 18.5 Å². The van der Waals surface area contributed by atoms with E-state index in [1.807, 2.05) is 19.1 Å². The first kappa shape index (κ1) is 13.2. The number of nitrogen functional groups attached to an aromatic ring is 1. The highest BCUT2D eigenvalue weighted by Crippen LogP contribution is 2.35. The van der Waals surface area contributed by atoms with E-state index in [2.05, 4.69) is 0 Å². The van der Waals surface area contributed by atoms with Crippen molar-refractivity contribution in [2.45, 2.75) is 13.3 Å². The van der Waals surface area contributed by atoms with Crippen LogP contribution in [0.1, 0.15) is 23.0 Å². The van der Waals surface area contributed by atoms with Crippen LogP contribution < -0.4 is 5.73 Å². The Labute approximate surface area is 115 Å². The average Bonchev–Trinajstić information content (AvgIpc) is 2.65. The minimum atomic E-state index is -0.0216. The van der Waals surface area contributed by atoms with Crippen molar-refractivity contribution < 1.29 is 4.79 Å². The largest absolute Gasteiger partial charge is 0.397 e. The molecule has 2 aromatic rings. The van der Waals surface area contributed by atoms with Crippen LogP contribution in [0.2, 0.25) is 5.02 Å². The summed E-state index contributed by atoms with van der Waals surface area (Å²) in [5.41, 5.74) is 6.60.